The standard InChI is InChI=1S/C11H15NO2/c1-7(8(2)13)11-12-9-5-3-4-6-10(9)14-11/h7H,3-6H2,1-2H3. The molecule has 14 heavy (non-hydrogen) atoms. The molecule has 3 heteroatoms. The molecule has 0 fully saturated rings. The molecule has 1 aliphatic carbocycles. The number of hydrogen-bond acceptors (Lipinski definition) is 3. The van der Waals surface area contributed by atoms with Crippen molar-refractivity contribution >= 4 is 5.78 Å². The third kappa shape index (κ3) is 1.59. The minimum atomic E-state index is -0.194. The fourth-order valence-corrected chi connectivity index (χ4v) is 1.73. The summed E-state index contributed by atoms with van der Waals surface area (Å²) in [6.45, 7) is 3.42. The highest BCUT2D eigenvalue weighted by atomic mass is 16.4. The fourth-order valence-electron chi connectivity index (χ4n) is 1.73. The third-order valence-electron chi connectivity index (χ3n) is 2.84. The van der Waals surface area contributed by atoms with Crippen LogP contribution in [0.15, 0.2) is 4.42 Å². The van der Waals surface area contributed by atoms with Crippen molar-refractivity contribution in [2.75, 3.05) is 0 Å². The van der Waals surface area contributed by atoms with Crippen molar-refractivity contribution in [3.05, 3.63) is 17.3 Å². The van der Waals surface area contributed by atoms with E-state index in [1.54, 1.807) is 6.92 Å². The molecule has 1 atom stereocenters. The molecule has 0 saturated carbocycles. The van der Waals surface area contributed by atoms with Crippen molar-refractivity contribution in [1.29, 1.82) is 0 Å². The summed E-state index contributed by atoms with van der Waals surface area (Å²) < 4.78 is 5.60. The lowest BCUT2D eigenvalue weighted by Gasteiger charge is -2.05. The monoisotopic (exact) mass is 193 g/mol. The van der Waals surface area contributed by atoms with Gasteiger partial charge in [-0.25, -0.2) is 4.98 Å². The molecule has 0 aliphatic heterocycles. The molecule has 0 aromatic carbocycles. The van der Waals surface area contributed by atoms with Gasteiger partial charge in [-0.2, -0.15) is 0 Å². The van der Waals surface area contributed by atoms with Gasteiger partial charge in [-0.1, -0.05) is 0 Å². The van der Waals surface area contributed by atoms with E-state index in [-0.39, 0.29) is 11.7 Å². The first-order valence-corrected chi connectivity index (χ1v) is 5.17. The van der Waals surface area contributed by atoms with E-state index in [2.05, 4.69) is 4.98 Å². The van der Waals surface area contributed by atoms with Crippen LogP contribution < -0.4 is 0 Å². The van der Waals surface area contributed by atoms with Gasteiger partial charge in [-0.15, -0.1) is 0 Å². The molecule has 1 heterocycles. The van der Waals surface area contributed by atoms with Gasteiger partial charge in [0.25, 0.3) is 0 Å². The summed E-state index contributed by atoms with van der Waals surface area (Å²) in [5.74, 6) is 1.52. The van der Waals surface area contributed by atoms with E-state index < -0.39 is 0 Å². The van der Waals surface area contributed by atoms with Gasteiger partial charge in [-0.3, -0.25) is 4.79 Å². The molecule has 0 N–H and O–H groups in total. The Balaban J connectivity index is 2.28. The minimum Gasteiger partial charge on any atom is -0.445 e. The first kappa shape index (κ1) is 9.44. The van der Waals surface area contributed by atoms with E-state index in [0.29, 0.717) is 5.89 Å². The number of hydrogen-bond donors (Lipinski definition) is 0. The van der Waals surface area contributed by atoms with Gasteiger partial charge < -0.3 is 4.42 Å². The van der Waals surface area contributed by atoms with Gasteiger partial charge in [0.2, 0.25) is 5.89 Å². The molecule has 1 aromatic heterocycles. The van der Waals surface area contributed by atoms with Crippen LogP contribution in [-0.2, 0) is 17.6 Å². The summed E-state index contributed by atoms with van der Waals surface area (Å²) >= 11 is 0. The highest BCUT2D eigenvalue weighted by molar-refractivity contribution is 5.81. The fraction of sp³-hybridized carbons (Fsp3) is 0.636. The van der Waals surface area contributed by atoms with Crippen LogP contribution in [0, 0.1) is 0 Å². The average molecular weight is 193 g/mol. The van der Waals surface area contributed by atoms with E-state index in [1.165, 1.54) is 12.8 Å². The van der Waals surface area contributed by atoms with Gasteiger partial charge >= 0.3 is 0 Å². The maximum atomic E-state index is 11.2. The number of ketones is 1. The van der Waals surface area contributed by atoms with Crippen LogP contribution in [-0.4, -0.2) is 10.8 Å². The molecular weight excluding hydrogens is 178 g/mol. The minimum absolute atomic E-state index is 0.114. The highest BCUT2D eigenvalue weighted by Gasteiger charge is 2.22. The summed E-state index contributed by atoms with van der Waals surface area (Å²) in [7, 11) is 0. The number of fused-ring (bicyclic) bond motifs is 1. The van der Waals surface area contributed by atoms with Crippen molar-refractivity contribution in [3.8, 4) is 0 Å². The maximum Gasteiger partial charge on any atom is 0.204 e. The molecule has 2 rings (SSSR count). The Morgan fingerprint density at radius 2 is 2.14 bits per heavy atom. The van der Waals surface area contributed by atoms with E-state index in [4.69, 9.17) is 4.42 Å². The number of rotatable bonds is 2. The predicted octanol–water partition coefficient (Wildman–Crippen LogP) is 2.25. The Kier molecular flexibility index (Phi) is 2.40. The molecule has 0 bridgehead atoms. The number of carbonyl (C=O) groups is 1. The Hall–Kier alpha value is -1.12. The van der Waals surface area contributed by atoms with E-state index in [0.717, 1.165) is 24.3 Å². The van der Waals surface area contributed by atoms with E-state index in [1.807, 2.05) is 6.92 Å². The number of aryl methyl sites for hydroxylation is 2. The van der Waals surface area contributed by atoms with Gasteiger partial charge in [0.05, 0.1) is 11.6 Å². The smallest absolute Gasteiger partial charge is 0.204 e. The van der Waals surface area contributed by atoms with Crippen LogP contribution in [0.3, 0.4) is 0 Å². The Morgan fingerprint density at radius 3 is 2.79 bits per heavy atom. The molecule has 1 unspecified atom stereocenters. The zero-order valence-corrected chi connectivity index (χ0v) is 8.67. The number of Topliss-reactive ketones (excluding diaryl/α,β-unsaturated/α-hetero) is 1. The molecule has 1 aromatic rings. The van der Waals surface area contributed by atoms with Crippen molar-refractivity contribution in [2.45, 2.75) is 45.4 Å². The second kappa shape index (κ2) is 3.56. The zero-order chi connectivity index (χ0) is 10.1. The summed E-state index contributed by atoms with van der Waals surface area (Å²) in [6.07, 6.45) is 4.35. The number of oxazole rings is 1. The lowest BCUT2D eigenvalue weighted by atomic mass is 10.0. The molecule has 0 amide bonds. The van der Waals surface area contributed by atoms with E-state index in [9.17, 15) is 4.79 Å². The second-order valence-electron chi connectivity index (χ2n) is 3.96. The lowest BCUT2D eigenvalue weighted by molar-refractivity contribution is -0.118. The van der Waals surface area contributed by atoms with Crippen LogP contribution in [0.5, 0.6) is 0 Å². The van der Waals surface area contributed by atoms with Crippen LogP contribution >= 0.6 is 0 Å². The second-order valence-corrected chi connectivity index (χ2v) is 3.96. The average Bonchev–Trinajstić information content (AvgIpc) is 2.59. The Morgan fingerprint density at radius 1 is 1.43 bits per heavy atom. The zero-order valence-electron chi connectivity index (χ0n) is 8.67. The molecule has 3 nitrogen and oxygen atoms in total. The molecule has 76 valence electrons. The molecule has 0 saturated heterocycles. The van der Waals surface area contributed by atoms with Crippen LogP contribution in [0.2, 0.25) is 0 Å². The Bertz CT molecular complexity index is 331. The summed E-state index contributed by atoms with van der Waals surface area (Å²) in [6, 6.07) is 0. The lowest BCUT2D eigenvalue weighted by Crippen LogP contribution is -2.04. The quantitative estimate of drug-likeness (QED) is 0.723. The third-order valence-corrected chi connectivity index (χ3v) is 2.84. The van der Waals surface area contributed by atoms with E-state index >= 15 is 0 Å². The predicted molar refractivity (Wildman–Crippen MR) is 52.2 cm³/mol. The van der Waals surface area contributed by atoms with Gasteiger partial charge in [0.1, 0.15) is 11.5 Å². The van der Waals surface area contributed by atoms with Gasteiger partial charge in [-0.05, 0) is 33.1 Å². The van der Waals surface area contributed by atoms with Crippen molar-refractivity contribution in [2.24, 2.45) is 0 Å². The summed E-state index contributed by atoms with van der Waals surface area (Å²) in [4.78, 5) is 15.5. The van der Waals surface area contributed by atoms with Crippen LogP contribution in [0.4, 0.5) is 0 Å². The first-order chi connectivity index (χ1) is 6.68. The summed E-state index contributed by atoms with van der Waals surface area (Å²) in [5.41, 5.74) is 1.07. The SMILES string of the molecule is CC(=O)C(C)c1nc2c(o1)CCCC2. The van der Waals surface area contributed by atoms with Crippen LogP contribution in [0.25, 0.3) is 0 Å². The number of nitrogens with zero attached hydrogens (tertiary/aromatic N) is 1. The van der Waals surface area contributed by atoms with Crippen molar-refractivity contribution in [3.63, 3.8) is 0 Å². The normalized spacial score (nSPS) is 17.6. The summed E-state index contributed by atoms with van der Waals surface area (Å²) in [5, 5.41) is 0. The topological polar surface area (TPSA) is 43.1 Å². The van der Waals surface area contributed by atoms with Crippen LogP contribution in [0.1, 0.15) is 50.0 Å². The molecule has 0 spiro atoms. The number of aromatic nitrogens is 1. The molecule has 1 aliphatic rings. The van der Waals surface area contributed by atoms with Gasteiger partial charge in [0, 0.05) is 6.42 Å². The van der Waals surface area contributed by atoms with Gasteiger partial charge in [0.15, 0.2) is 0 Å². The molecular formula is C11H15NO2. The number of carbonyl (C=O) groups excluding carboxylic acids is 1. The first-order valence-electron chi connectivity index (χ1n) is 5.17. The highest BCUT2D eigenvalue weighted by Crippen LogP contribution is 2.25. The van der Waals surface area contributed by atoms with Crippen molar-refractivity contribution in [1.82, 2.24) is 4.98 Å². The molecule has 0 radical (unpaired) electrons. The largest absolute Gasteiger partial charge is 0.445 e. The maximum absolute atomic E-state index is 11.2. The van der Waals surface area contributed by atoms with Crippen molar-refractivity contribution < 1.29 is 9.21 Å². The Labute approximate surface area is 83.5 Å².